The number of para-hydroxylation sites is 9. The minimum Gasteiger partial charge on any atom is -0.489 e. The first-order valence-corrected chi connectivity index (χ1v) is 39.6. The predicted octanol–water partition coefficient (Wildman–Crippen LogP) is 24.1. The topological polar surface area (TPSA) is 244 Å². The Bertz CT molecular complexity index is 6220. The van der Waals surface area contributed by atoms with Crippen LogP contribution in [-0.4, -0.2) is 72.0 Å². The van der Waals surface area contributed by atoms with Gasteiger partial charge in [0.15, 0.2) is 16.7 Å². The Hall–Kier alpha value is -14.0. The summed E-state index contributed by atoms with van der Waals surface area (Å²) in [5.74, 6) is 1.39. The van der Waals surface area contributed by atoms with E-state index < -0.39 is 11.9 Å². The highest BCUT2D eigenvalue weighted by atomic mass is 32.1. The summed E-state index contributed by atoms with van der Waals surface area (Å²) >= 11 is 6.47. The molecular weight excluding hydrogens is 1550 g/mol. The Kier molecular flexibility index (Phi) is 29.5. The van der Waals surface area contributed by atoms with Crippen molar-refractivity contribution in [1.29, 1.82) is 0 Å². The average Bonchev–Trinajstić information content (AvgIpc) is 1.67. The molecule has 0 amide bonds. The van der Waals surface area contributed by atoms with Crippen LogP contribution in [-0.2, 0) is 46.6 Å². The number of benzene rings is 10. The monoisotopic (exact) mass is 1630 g/mol. The third-order valence-electron chi connectivity index (χ3n) is 16.2. The number of nitrogens with zero attached hydrogens (tertiary/aromatic N) is 7. The van der Waals surface area contributed by atoms with E-state index in [1.54, 1.807) is 79.1 Å². The first kappa shape index (κ1) is 84.0. The van der Waals surface area contributed by atoms with Crippen molar-refractivity contribution in [3.05, 3.63) is 339 Å². The molecule has 0 N–H and O–H groups in total. The molecule has 0 aliphatic heterocycles. The summed E-state index contributed by atoms with van der Waals surface area (Å²) in [7, 11) is 0. The van der Waals surface area contributed by atoms with E-state index >= 15 is 0 Å². The Labute approximate surface area is 690 Å². The minimum absolute atomic E-state index is 0.180. The van der Waals surface area contributed by atoms with Gasteiger partial charge >= 0.3 is 23.9 Å². The highest BCUT2D eigenvalue weighted by Gasteiger charge is 2.15. The molecule has 0 unspecified atom stereocenters. The molecule has 117 heavy (non-hydrogen) atoms. The summed E-state index contributed by atoms with van der Waals surface area (Å²) in [5, 5.41) is 3.65. The molecule has 0 spiro atoms. The molecule has 23 heteroatoms. The summed E-state index contributed by atoms with van der Waals surface area (Å²) < 4.78 is 46.7. The molecule has 7 aromatic heterocycles. The molecule has 10 aromatic carbocycles. The van der Waals surface area contributed by atoms with E-state index in [0.717, 1.165) is 129 Å². The molecule has 0 saturated heterocycles. The molecule has 17 aromatic rings. The minimum atomic E-state index is -0.460. The molecule has 0 radical (unpaired) electrons. The lowest BCUT2D eigenvalue weighted by Gasteiger charge is -2.10. The molecule has 0 fully saturated rings. The van der Waals surface area contributed by atoms with Gasteiger partial charge in [-0.1, -0.05) is 161 Å². The Balaban J connectivity index is 0.000000136. The van der Waals surface area contributed by atoms with Crippen LogP contribution < -0.4 is 9.47 Å². The van der Waals surface area contributed by atoms with Crippen molar-refractivity contribution in [2.24, 2.45) is 0 Å². The number of allylic oxidation sites excluding steroid dienone is 1. The van der Waals surface area contributed by atoms with Gasteiger partial charge in [-0.05, 0) is 179 Å². The summed E-state index contributed by atoms with van der Waals surface area (Å²) in [6.07, 6.45) is 4.34. The second-order valence-electron chi connectivity index (χ2n) is 25.6. The van der Waals surface area contributed by atoms with Gasteiger partial charge in [-0.15, -0.1) is 45.3 Å². The molecule has 19 nitrogen and oxygen atoms in total. The van der Waals surface area contributed by atoms with Gasteiger partial charge in [0.25, 0.3) is 0 Å². The molecule has 0 aliphatic carbocycles. The number of thiazole rings is 4. The summed E-state index contributed by atoms with van der Waals surface area (Å²) in [5.41, 5.74) is 16.2. The van der Waals surface area contributed by atoms with Gasteiger partial charge in [-0.25, -0.2) is 54.1 Å². The maximum absolute atomic E-state index is 11.4. The number of hydrogen-bond acceptors (Lipinski definition) is 23. The van der Waals surface area contributed by atoms with Crippen molar-refractivity contribution in [2.45, 2.75) is 47.8 Å². The molecule has 0 saturated carbocycles. The summed E-state index contributed by atoms with van der Waals surface area (Å²) in [6, 6.07) is 76.2. The Morgan fingerprint density at radius 3 is 1.32 bits per heavy atom. The normalized spacial score (nSPS) is 10.4. The maximum Gasteiger partial charge on any atom is 0.335 e. The van der Waals surface area contributed by atoms with Gasteiger partial charge in [0.2, 0.25) is 17.7 Å². The summed E-state index contributed by atoms with van der Waals surface area (Å²) in [4.78, 5) is 75.8. The largest absolute Gasteiger partial charge is 0.489 e. The number of carbonyl (C=O) groups is 4. The average molecular weight is 1630 g/mol. The number of aryl methyl sites for hydroxylation is 1. The number of fused-ring (bicyclic) bond motifs is 7. The van der Waals surface area contributed by atoms with Crippen LogP contribution in [0.5, 0.6) is 11.5 Å². The smallest absolute Gasteiger partial charge is 0.335 e. The lowest BCUT2D eigenvalue weighted by Crippen LogP contribution is -2.12. The Morgan fingerprint density at radius 1 is 0.402 bits per heavy atom. The quantitative estimate of drug-likeness (QED) is 0.0240. The lowest BCUT2D eigenvalue weighted by atomic mass is 10.1. The van der Waals surface area contributed by atoms with Crippen LogP contribution in [0, 0.1) is 6.92 Å². The number of aromatic nitrogens is 7. The van der Waals surface area contributed by atoms with Crippen molar-refractivity contribution in [2.75, 3.05) is 13.2 Å². The molecule has 0 bridgehead atoms. The van der Waals surface area contributed by atoms with E-state index in [0.29, 0.717) is 40.1 Å². The number of oxazole rings is 3. The van der Waals surface area contributed by atoms with Crippen LogP contribution >= 0.6 is 45.3 Å². The molecular formula is C94H79N7O12S4. The van der Waals surface area contributed by atoms with Crippen molar-refractivity contribution in [1.82, 2.24) is 34.9 Å². The van der Waals surface area contributed by atoms with Crippen molar-refractivity contribution >= 4 is 161 Å². The fourth-order valence-electron chi connectivity index (χ4n) is 10.4. The van der Waals surface area contributed by atoms with Crippen LogP contribution in [0.25, 0.3) is 124 Å². The number of hydrogen-bond donors (Lipinski definition) is 0. The van der Waals surface area contributed by atoms with Crippen molar-refractivity contribution in [3.63, 3.8) is 0 Å². The molecule has 0 atom stereocenters. The molecule has 17 rings (SSSR count). The van der Waals surface area contributed by atoms with Crippen LogP contribution in [0.3, 0.4) is 0 Å². The highest BCUT2D eigenvalue weighted by molar-refractivity contribution is 7.22. The van der Waals surface area contributed by atoms with Gasteiger partial charge in [0.05, 0.1) is 46.4 Å². The Morgan fingerprint density at radius 2 is 0.829 bits per heavy atom. The van der Waals surface area contributed by atoms with Gasteiger partial charge in [0.1, 0.15) is 74.5 Å². The maximum atomic E-state index is 11.4. The zero-order chi connectivity index (χ0) is 82.7. The van der Waals surface area contributed by atoms with Crippen LogP contribution in [0.2, 0.25) is 0 Å². The van der Waals surface area contributed by atoms with Gasteiger partial charge in [-0.3, -0.25) is 0 Å². The van der Waals surface area contributed by atoms with Crippen LogP contribution in [0.15, 0.2) is 319 Å². The first-order valence-electron chi connectivity index (χ1n) is 36.3. The van der Waals surface area contributed by atoms with E-state index in [1.165, 1.54) is 21.6 Å². The fraction of sp³-hybridized carbons (Fsp3) is 0.0957. The van der Waals surface area contributed by atoms with Crippen LogP contribution in [0.4, 0.5) is 0 Å². The fourth-order valence-corrected chi connectivity index (χ4v) is 14.2. The standard InChI is InChI=1S/C19H17NO3S.C18H15NO2S.C16H11NO2S.C12H11NO2S.2C10H9NO.C9H7NO/c1-13(2)19(21)23-12-11-22-16-9-5-3-7-14(16)18-20-15-8-4-6-10-17(15)24-18;1-12(2)18(20)21-11-13-7-9-14(10-8-13)17-19-15-5-3-4-6-16(15)22-17;1-2-15(18)19-12-9-7-11(8-10-12)16-17-13-5-3-4-6-14(13)20-16;1-8(2)12(14)15-7-11-13-9-5-3-4-6-10(9)16-11;1-7(2)10-11-8-5-3-4-6-9(8)12-10;1-3-10-11-8-5-4-7(2)6-9(8)12-10;1-2-9-10-7-5-3-4-6-8(7)11-9/h3-10H,1,11-12H2,2H3;3-10H,1,11H2,2H3;2-10H,1H2;3-6H,1,7H2,2H3;2*3-6H,1H2,2H3;2-6H,1H2. The van der Waals surface area contributed by atoms with Gasteiger partial charge < -0.3 is 36.9 Å². The molecule has 586 valence electrons. The van der Waals surface area contributed by atoms with E-state index in [2.05, 4.69) is 99.1 Å². The predicted molar refractivity (Wildman–Crippen MR) is 473 cm³/mol. The SMILES string of the molecule is C=C(C)C(=O)OCCOc1ccccc1-c1nc2ccccc2s1.C=C(C)C(=O)OCc1ccc(-c2nc3ccccc3s2)cc1.C=C(C)C(=O)OCc1nc2ccccc2s1.C=C(C)c1nc2ccccc2o1.C=CC(=O)Oc1ccc(-c2nc3ccccc3s2)cc1.C=Cc1nc2ccc(C)cc2o1.C=Cc1nc2ccccc2o1. The van der Waals surface area contributed by atoms with Crippen molar-refractivity contribution in [3.8, 4) is 43.2 Å². The molecule has 0 aliphatic rings. The van der Waals surface area contributed by atoms with Crippen molar-refractivity contribution < 1.29 is 56.1 Å². The third kappa shape index (κ3) is 23.8. The number of ether oxygens (including phenoxy) is 5. The number of rotatable bonds is 19. The van der Waals surface area contributed by atoms with E-state index in [-0.39, 0.29) is 38.4 Å². The lowest BCUT2D eigenvalue weighted by molar-refractivity contribution is -0.141. The number of esters is 4. The third-order valence-corrected chi connectivity index (χ3v) is 20.5. The zero-order valence-corrected chi connectivity index (χ0v) is 68.0. The number of carbonyl (C=O) groups excluding carboxylic acids is 4. The second kappa shape index (κ2) is 41.2. The van der Waals surface area contributed by atoms with Crippen LogP contribution in [0.1, 0.15) is 61.5 Å². The van der Waals surface area contributed by atoms with E-state index in [4.69, 9.17) is 36.9 Å². The van der Waals surface area contributed by atoms with E-state index in [9.17, 15) is 19.2 Å². The zero-order valence-electron chi connectivity index (χ0n) is 64.7. The first-order chi connectivity index (χ1) is 56.7. The second-order valence-corrected chi connectivity index (χ2v) is 29.8. The molecule has 7 heterocycles. The summed E-state index contributed by atoms with van der Waals surface area (Å²) in [6.45, 7) is 34.6. The highest BCUT2D eigenvalue weighted by Crippen LogP contribution is 2.37. The van der Waals surface area contributed by atoms with Gasteiger partial charge in [0, 0.05) is 39.5 Å². The van der Waals surface area contributed by atoms with E-state index in [1.807, 2.05) is 220 Å². The van der Waals surface area contributed by atoms with Gasteiger partial charge in [-0.2, -0.15) is 0 Å².